The Labute approximate surface area is 310 Å². The number of benzene rings is 3. The molecule has 0 fully saturated rings. The summed E-state index contributed by atoms with van der Waals surface area (Å²) in [6.07, 6.45) is -4.29. The molecular weight excluding hydrogens is 766 g/mol. The normalized spacial score (nSPS) is 17.7. The van der Waals surface area contributed by atoms with E-state index in [2.05, 4.69) is 15.7 Å². The molecule has 0 spiro atoms. The Morgan fingerprint density at radius 3 is 2.09 bits per heavy atom. The van der Waals surface area contributed by atoms with Gasteiger partial charge in [0.2, 0.25) is 5.91 Å². The van der Waals surface area contributed by atoms with Crippen LogP contribution in [0.1, 0.15) is 79.7 Å². The Morgan fingerprint density at radius 1 is 0.857 bits per heavy atom. The fourth-order valence-corrected chi connectivity index (χ4v) is 6.72. The highest BCUT2D eigenvalue weighted by Gasteiger charge is 2.55. The number of fused-ring (bicyclic) bond motifs is 1. The molecule has 1 unspecified atom stereocenters. The first-order valence-corrected chi connectivity index (χ1v) is 16.5. The van der Waals surface area contributed by atoms with Gasteiger partial charge in [-0.1, -0.05) is 24.3 Å². The van der Waals surface area contributed by atoms with Gasteiger partial charge in [0.1, 0.15) is 41.2 Å². The molecular formula is C37H28F10N6O3. The maximum atomic E-state index is 15.1. The number of amides is 3. The number of alkyl halides is 6. The quantitative estimate of drug-likeness (QED) is 0.127. The van der Waals surface area contributed by atoms with Crippen molar-refractivity contribution in [3.8, 4) is 0 Å². The third kappa shape index (κ3) is 7.83. The van der Waals surface area contributed by atoms with Crippen molar-refractivity contribution in [2.45, 2.75) is 56.2 Å². The average molecular weight is 795 g/mol. The minimum Gasteiger partial charge on any atom is -0.376 e. The highest BCUT2D eigenvalue weighted by molar-refractivity contribution is 5.95. The van der Waals surface area contributed by atoms with E-state index in [0.717, 1.165) is 36.4 Å². The van der Waals surface area contributed by atoms with Gasteiger partial charge in [0.05, 0.1) is 28.8 Å². The first-order chi connectivity index (χ1) is 26.2. The van der Waals surface area contributed by atoms with Crippen molar-refractivity contribution in [1.82, 2.24) is 20.4 Å². The fourth-order valence-electron chi connectivity index (χ4n) is 6.72. The second-order valence-corrected chi connectivity index (χ2v) is 13.0. The van der Waals surface area contributed by atoms with Crippen LogP contribution in [0.25, 0.3) is 5.57 Å². The predicted molar refractivity (Wildman–Crippen MR) is 178 cm³/mol. The van der Waals surface area contributed by atoms with E-state index in [0.29, 0.717) is 6.07 Å². The third-order valence-corrected chi connectivity index (χ3v) is 9.20. The Balaban J connectivity index is 1.48. The Hall–Kier alpha value is -6.14. The minimum absolute atomic E-state index is 0.0490. The summed E-state index contributed by atoms with van der Waals surface area (Å²) in [6, 6.07) is 6.29. The molecule has 6 N–H and O–H groups in total. The molecule has 19 heteroatoms. The lowest BCUT2D eigenvalue weighted by Gasteiger charge is -2.32. The van der Waals surface area contributed by atoms with Crippen molar-refractivity contribution < 1.29 is 58.3 Å². The maximum absolute atomic E-state index is 15.1. The number of dihydropyridines is 1. The number of rotatable bonds is 11. The number of aromatic nitrogens is 2. The van der Waals surface area contributed by atoms with Gasteiger partial charge in [0, 0.05) is 30.2 Å². The van der Waals surface area contributed by atoms with Crippen LogP contribution in [0.3, 0.4) is 0 Å². The molecule has 0 saturated carbocycles. The largest absolute Gasteiger partial charge is 0.376 e. The Bertz CT molecular complexity index is 2300. The van der Waals surface area contributed by atoms with E-state index < -0.39 is 125 Å². The number of allylic oxidation sites excluding steroid dienone is 2. The number of primary amides is 2. The number of carbonyl (C=O) groups is 3. The third-order valence-electron chi connectivity index (χ3n) is 9.20. The van der Waals surface area contributed by atoms with E-state index in [1.165, 1.54) is 24.3 Å². The molecule has 2 heterocycles. The van der Waals surface area contributed by atoms with Gasteiger partial charge >= 0.3 is 0 Å². The smallest absolute Gasteiger partial charge is 0.290 e. The molecule has 0 radical (unpaired) electrons. The predicted octanol–water partition coefficient (Wildman–Crippen LogP) is 6.59. The van der Waals surface area contributed by atoms with Gasteiger partial charge in [-0.15, -0.1) is 0 Å². The van der Waals surface area contributed by atoms with Crippen LogP contribution in [0.15, 0.2) is 72.4 Å². The van der Waals surface area contributed by atoms with Crippen molar-refractivity contribution >= 4 is 23.3 Å². The summed E-state index contributed by atoms with van der Waals surface area (Å²) in [5.74, 6) is -15.9. The number of nitrogens with one attached hydrogen (secondary N) is 2. The van der Waals surface area contributed by atoms with E-state index in [1.54, 1.807) is 0 Å². The van der Waals surface area contributed by atoms with Crippen molar-refractivity contribution in [2.75, 3.05) is 0 Å². The molecule has 1 aliphatic heterocycles. The van der Waals surface area contributed by atoms with E-state index in [-0.39, 0.29) is 32.6 Å². The van der Waals surface area contributed by atoms with Crippen LogP contribution in [0, 0.1) is 23.3 Å². The molecule has 294 valence electrons. The van der Waals surface area contributed by atoms with Crippen LogP contribution in [0.5, 0.6) is 0 Å². The molecule has 0 saturated heterocycles. The number of halogens is 10. The summed E-state index contributed by atoms with van der Waals surface area (Å²) >= 11 is 0. The van der Waals surface area contributed by atoms with E-state index >= 15 is 8.78 Å². The first kappa shape index (κ1) is 39.6. The molecule has 1 aliphatic carbocycles. The lowest BCUT2D eigenvalue weighted by molar-refractivity contribution is -0.123. The molecule has 2 aliphatic rings. The zero-order valence-electron chi connectivity index (χ0n) is 28.5. The van der Waals surface area contributed by atoms with Crippen LogP contribution < -0.4 is 22.1 Å². The lowest BCUT2D eigenvalue weighted by atomic mass is 9.89. The summed E-state index contributed by atoms with van der Waals surface area (Å²) in [6.45, 7) is -1.32. The summed E-state index contributed by atoms with van der Waals surface area (Å²) in [4.78, 5) is 37.7. The molecule has 3 aromatic carbocycles. The molecule has 9 nitrogen and oxygen atoms in total. The second-order valence-electron chi connectivity index (χ2n) is 13.0. The topological polar surface area (TPSA) is 145 Å². The van der Waals surface area contributed by atoms with Gasteiger partial charge in [0.15, 0.2) is 0 Å². The van der Waals surface area contributed by atoms with Gasteiger partial charge in [-0.2, -0.15) is 13.9 Å². The number of carbonyl (C=O) groups excluding carboxylic acids is 3. The first-order valence-electron chi connectivity index (χ1n) is 16.5. The van der Waals surface area contributed by atoms with Gasteiger partial charge in [-0.05, 0) is 59.5 Å². The molecule has 4 aromatic rings. The highest BCUT2D eigenvalue weighted by Crippen LogP contribution is 2.52. The SMILES string of the molecule is NC(=O)c1cc(C2=C([C@H](Cc3cc(F)cc(F)c3)NC(=O)Cn3nc(C(F)F)c4c3C(F)(F)CCC4(F)F)NC(c3ccc(F)c(C(N)=O)c3)C=C2)ccc1F. The van der Waals surface area contributed by atoms with Gasteiger partial charge in [-0.25, -0.2) is 35.1 Å². The number of hydrogen-bond acceptors (Lipinski definition) is 5. The maximum Gasteiger partial charge on any atom is 0.290 e. The van der Waals surface area contributed by atoms with Crippen LogP contribution in [0.2, 0.25) is 0 Å². The zero-order valence-corrected chi connectivity index (χ0v) is 28.5. The summed E-state index contributed by atoms with van der Waals surface area (Å²) in [7, 11) is 0. The Kier molecular flexibility index (Phi) is 10.5. The molecule has 6 rings (SSSR count). The van der Waals surface area contributed by atoms with Gasteiger partial charge in [0.25, 0.3) is 30.1 Å². The average Bonchev–Trinajstić information content (AvgIpc) is 3.52. The van der Waals surface area contributed by atoms with E-state index in [4.69, 9.17) is 11.5 Å². The van der Waals surface area contributed by atoms with Crippen molar-refractivity contribution in [1.29, 1.82) is 0 Å². The fraction of sp³-hybridized carbons (Fsp3) is 0.243. The highest BCUT2D eigenvalue weighted by atomic mass is 19.3. The number of nitrogens with two attached hydrogens (primary N) is 2. The van der Waals surface area contributed by atoms with E-state index in [1.807, 2.05) is 0 Å². The van der Waals surface area contributed by atoms with Gasteiger partial charge in [-0.3, -0.25) is 19.1 Å². The second kappa shape index (κ2) is 14.8. The van der Waals surface area contributed by atoms with E-state index in [9.17, 15) is 49.5 Å². The molecule has 2 atom stereocenters. The Morgan fingerprint density at radius 2 is 1.46 bits per heavy atom. The minimum atomic E-state index is -4.14. The molecule has 3 amide bonds. The molecule has 0 bridgehead atoms. The number of nitrogens with zero attached hydrogens (tertiary/aromatic N) is 2. The lowest BCUT2D eigenvalue weighted by Crippen LogP contribution is -2.45. The molecule has 56 heavy (non-hydrogen) atoms. The van der Waals surface area contributed by atoms with Crippen LogP contribution in [-0.4, -0.2) is 33.5 Å². The molecule has 1 aromatic heterocycles. The summed E-state index contributed by atoms with van der Waals surface area (Å²) in [5, 5.41) is 8.79. The number of hydrogen-bond donors (Lipinski definition) is 4. The van der Waals surface area contributed by atoms with Crippen molar-refractivity contribution in [2.24, 2.45) is 11.5 Å². The van der Waals surface area contributed by atoms with Crippen molar-refractivity contribution in [3.63, 3.8) is 0 Å². The standard InChI is InChI=1S/C37H28F10N6O3/c38-19-9-16(10-20(39)14-19)11-27(50-28(54)15-53-32-29(31(52-53)33(42)43)36(44,45)7-8-37(32,46)47)30-21(17-1-4-24(40)22(12-17)34(48)55)3-6-26(51-30)18-2-5-25(41)23(13-18)35(49)56/h1-6,9-10,12-14,26-27,33,51H,7-8,11,15H2,(H2,48,55)(H2,49,56)(H,50,54)/t26?,27-/m0/s1. The van der Waals surface area contributed by atoms with Crippen LogP contribution in [0.4, 0.5) is 43.9 Å². The monoisotopic (exact) mass is 794 g/mol. The van der Waals surface area contributed by atoms with Crippen LogP contribution in [-0.2, 0) is 29.6 Å². The van der Waals surface area contributed by atoms with Crippen molar-refractivity contribution in [3.05, 3.63) is 140 Å². The van der Waals surface area contributed by atoms with Gasteiger partial charge < -0.3 is 22.1 Å². The zero-order chi connectivity index (χ0) is 40.9. The summed E-state index contributed by atoms with van der Waals surface area (Å²) in [5.41, 5.74) is 4.82. The summed E-state index contributed by atoms with van der Waals surface area (Å²) < 4.78 is 146. The van der Waals surface area contributed by atoms with Crippen LogP contribution >= 0.6 is 0 Å².